The van der Waals surface area contributed by atoms with Gasteiger partial charge in [0.15, 0.2) is 0 Å². The molecule has 4 aromatic rings. The number of nitrogens with one attached hydrogen (secondary N) is 2. The first-order chi connectivity index (χ1) is 16.0. The summed E-state index contributed by atoms with van der Waals surface area (Å²) in [4.78, 5) is 22.4. The number of pyridine rings is 1. The molecule has 0 aliphatic carbocycles. The Morgan fingerprint density at radius 1 is 1.24 bits per heavy atom. The van der Waals surface area contributed by atoms with E-state index in [1.807, 2.05) is 24.3 Å². The standard InChI is InChI=1S/C27H33N5O/c1-17(2)25-22-14-20(19-7-10-31(11-8-19)24(33)15-28-4)5-6-23(22)30-26(25)21-13-18(3)27-29-9-12-32(27)16-21/h5-6,9,12-14,16-17,19,28,30H,7-8,10-11,15H2,1-4H3. The van der Waals surface area contributed by atoms with Crippen LogP contribution in [0, 0.1) is 6.92 Å². The van der Waals surface area contributed by atoms with Crippen LogP contribution in [0.1, 0.15) is 55.2 Å². The molecule has 1 fully saturated rings. The molecular weight excluding hydrogens is 410 g/mol. The molecule has 1 aromatic carbocycles. The maximum Gasteiger partial charge on any atom is 0.236 e. The third-order valence-electron chi connectivity index (χ3n) is 7.05. The number of piperidine rings is 1. The lowest BCUT2D eigenvalue weighted by Gasteiger charge is -2.32. The van der Waals surface area contributed by atoms with Crippen molar-refractivity contribution in [1.29, 1.82) is 0 Å². The number of likely N-dealkylation sites (tertiary alicyclic amines) is 1. The van der Waals surface area contributed by atoms with Crippen molar-refractivity contribution < 1.29 is 4.79 Å². The lowest BCUT2D eigenvalue weighted by molar-refractivity contribution is -0.131. The molecule has 6 nitrogen and oxygen atoms in total. The van der Waals surface area contributed by atoms with E-state index in [4.69, 9.17) is 0 Å². The maximum atomic E-state index is 12.2. The van der Waals surface area contributed by atoms with Crippen molar-refractivity contribution in [3.05, 3.63) is 59.5 Å². The summed E-state index contributed by atoms with van der Waals surface area (Å²) in [6, 6.07) is 9.13. The molecule has 0 radical (unpaired) electrons. The highest BCUT2D eigenvalue weighted by Gasteiger charge is 2.25. The van der Waals surface area contributed by atoms with Crippen molar-refractivity contribution in [3.63, 3.8) is 0 Å². The Bertz CT molecular complexity index is 1310. The van der Waals surface area contributed by atoms with Crippen molar-refractivity contribution in [3.8, 4) is 11.3 Å². The van der Waals surface area contributed by atoms with Gasteiger partial charge in [-0.1, -0.05) is 19.9 Å². The molecule has 1 saturated heterocycles. The quantitative estimate of drug-likeness (QED) is 0.464. The van der Waals surface area contributed by atoms with Crippen molar-refractivity contribution >= 4 is 22.5 Å². The average Bonchev–Trinajstić information content (AvgIpc) is 3.44. The smallest absolute Gasteiger partial charge is 0.236 e. The number of benzene rings is 1. The Balaban J connectivity index is 1.50. The molecule has 1 aliphatic heterocycles. The number of aryl methyl sites for hydroxylation is 1. The highest BCUT2D eigenvalue weighted by Crippen LogP contribution is 2.38. The molecule has 6 heteroatoms. The van der Waals surface area contributed by atoms with Gasteiger partial charge < -0.3 is 19.6 Å². The Morgan fingerprint density at radius 3 is 2.76 bits per heavy atom. The topological polar surface area (TPSA) is 65.4 Å². The molecule has 0 bridgehead atoms. The van der Waals surface area contributed by atoms with Gasteiger partial charge >= 0.3 is 0 Å². The number of aromatic amines is 1. The summed E-state index contributed by atoms with van der Waals surface area (Å²) in [6.45, 7) is 8.76. The number of carbonyl (C=O) groups is 1. The van der Waals surface area contributed by atoms with Crippen LogP contribution in [0.2, 0.25) is 0 Å². The Labute approximate surface area is 195 Å². The van der Waals surface area contributed by atoms with Crippen LogP contribution >= 0.6 is 0 Å². The first kappa shape index (κ1) is 21.7. The highest BCUT2D eigenvalue weighted by atomic mass is 16.2. The number of aromatic nitrogens is 3. The second kappa shape index (κ2) is 8.67. The van der Waals surface area contributed by atoms with E-state index in [1.165, 1.54) is 38.9 Å². The minimum absolute atomic E-state index is 0.203. The lowest BCUT2D eigenvalue weighted by atomic mass is 9.87. The van der Waals surface area contributed by atoms with Crippen LogP contribution < -0.4 is 5.32 Å². The SMILES string of the molecule is CNCC(=O)N1CCC(c2ccc3[nH]c(-c4cc(C)c5nccn5c4)c(C(C)C)c3c2)CC1. The fraction of sp³-hybridized carbons (Fsp3) is 0.407. The number of hydrogen-bond acceptors (Lipinski definition) is 3. The number of likely N-dealkylation sites (N-methyl/N-ethyl adjacent to an activating group) is 1. The van der Waals surface area contributed by atoms with Crippen molar-refractivity contribution in [2.75, 3.05) is 26.7 Å². The van der Waals surface area contributed by atoms with Gasteiger partial charge in [0.2, 0.25) is 5.91 Å². The lowest BCUT2D eigenvalue weighted by Crippen LogP contribution is -2.41. The van der Waals surface area contributed by atoms with Gasteiger partial charge in [-0.3, -0.25) is 4.79 Å². The fourth-order valence-corrected chi connectivity index (χ4v) is 5.38. The number of carbonyl (C=O) groups excluding carboxylic acids is 1. The summed E-state index contributed by atoms with van der Waals surface area (Å²) >= 11 is 0. The molecule has 1 aliphatic rings. The summed E-state index contributed by atoms with van der Waals surface area (Å²) in [5.74, 6) is 1.09. The van der Waals surface area contributed by atoms with E-state index in [1.54, 1.807) is 0 Å². The van der Waals surface area contributed by atoms with Crippen molar-refractivity contribution in [1.82, 2.24) is 24.6 Å². The predicted molar refractivity (Wildman–Crippen MR) is 134 cm³/mol. The van der Waals surface area contributed by atoms with Gasteiger partial charge in [-0.2, -0.15) is 0 Å². The summed E-state index contributed by atoms with van der Waals surface area (Å²) in [6.07, 6.45) is 8.07. The van der Waals surface area contributed by atoms with Crippen LogP contribution in [0.15, 0.2) is 42.9 Å². The Hall–Kier alpha value is -3.12. The second-order valence-corrected chi connectivity index (χ2v) is 9.63. The van der Waals surface area contributed by atoms with E-state index < -0.39 is 0 Å². The monoisotopic (exact) mass is 443 g/mol. The number of rotatable bonds is 5. The number of imidazole rings is 1. The van der Waals surface area contributed by atoms with Gasteiger partial charge in [-0.25, -0.2) is 4.98 Å². The molecule has 33 heavy (non-hydrogen) atoms. The van der Waals surface area contributed by atoms with Crippen LogP contribution in [0.25, 0.3) is 27.8 Å². The number of H-pyrrole nitrogens is 1. The molecule has 0 unspecified atom stereocenters. The van der Waals surface area contributed by atoms with Crippen LogP contribution in [-0.4, -0.2) is 51.9 Å². The molecule has 0 saturated carbocycles. The number of fused-ring (bicyclic) bond motifs is 2. The van der Waals surface area contributed by atoms with E-state index in [0.717, 1.165) is 31.6 Å². The zero-order valence-electron chi connectivity index (χ0n) is 20.0. The van der Waals surface area contributed by atoms with Crippen molar-refractivity contribution in [2.24, 2.45) is 0 Å². The molecule has 0 spiro atoms. The van der Waals surface area contributed by atoms with Gasteiger partial charge in [-0.15, -0.1) is 0 Å². The Kier molecular flexibility index (Phi) is 5.71. The normalized spacial score (nSPS) is 15.2. The third kappa shape index (κ3) is 3.93. The predicted octanol–water partition coefficient (Wildman–Crippen LogP) is 4.84. The molecular formula is C27H33N5O. The second-order valence-electron chi connectivity index (χ2n) is 9.63. The first-order valence-electron chi connectivity index (χ1n) is 12.0. The zero-order valence-corrected chi connectivity index (χ0v) is 20.0. The molecule has 4 heterocycles. The van der Waals surface area contributed by atoms with Crippen LogP contribution in [0.5, 0.6) is 0 Å². The molecule has 1 amide bonds. The van der Waals surface area contributed by atoms with E-state index >= 15 is 0 Å². The number of hydrogen-bond donors (Lipinski definition) is 2. The van der Waals surface area contributed by atoms with Crippen LogP contribution in [0.4, 0.5) is 0 Å². The summed E-state index contributed by atoms with van der Waals surface area (Å²) in [5.41, 5.74) is 8.50. The average molecular weight is 444 g/mol. The number of nitrogens with zero attached hydrogens (tertiary/aromatic N) is 3. The molecule has 172 valence electrons. The summed E-state index contributed by atoms with van der Waals surface area (Å²) in [5, 5.41) is 4.29. The van der Waals surface area contributed by atoms with Gasteiger partial charge in [-0.05, 0) is 73.5 Å². The molecule has 2 N–H and O–H groups in total. The minimum Gasteiger partial charge on any atom is -0.354 e. The minimum atomic E-state index is 0.203. The highest BCUT2D eigenvalue weighted by molar-refractivity contribution is 5.92. The maximum absolute atomic E-state index is 12.2. The van der Waals surface area contributed by atoms with Gasteiger partial charge in [0, 0.05) is 48.1 Å². The third-order valence-corrected chi connectivity index (χ3v) is 7.05. The molecule has 5 rings (SSSR count). The first-order valence-corrected chi connectivity index (χ1v) is 12.0. The van der Waals surface area contributed by atoms with Crippen molar-refractivity contribution in [2.45, 2.75) is 45.4 Å². The van der Waals surface area contributed by atoms with Crippen LogP contribution in [-0.2, 0) is 4.79 Å². The van der Waals surface area contributed by atoms with Crippen LogP contribution in [0.3, 0.4) is 0 Å². The molecule has 3 aromatic heterocycles. The van der Waals surface area contributed by atoms with Gasteiger partial charge in [0.25, 0.3) is 0 Å². The number of amides is 1. The fourth-order valence-electron chi connectivity index (χ4n) is 5.38. The summed E-state index contributed by atoms with van der Waals surface area (Å²) in [7, 11) is 1.83. The zero-order chi connectivity index (χ0) is 23.1. The van der Waals surface area contributed by atoms with E-state index in [9.17, 15) is 4.79 Å². The molecule has 0 atom stereocenters. The van der Waals surface area contributed by atoms with Gasteiger partial charge in [0.05, 0.1) is 12.2 Å². The Morgan fingerprint density at radius 2 is 2.03 bits per heavy atom. The van der Waals surface area contributed by atoms with E-state index in [-0.39, 0.29) is 5.91 Å². The van der Waals surface area contributed by atoms with E-state index in [2.05, 4.69) is 70.9 Å². The largest absolute Gasteiger partial charge is 0.354 e. The van der Waals surface area contributed by atoms with Gasteiger partial charge in [0.1, 0.15) is 5.65 Å². The van der Waals surface area contributed by atoms with E-state index in [0.29, 0.717) is 18.4 Å². The summed E-state index contributed by atoms with van der Waals surface area (Å²) < 4.78 is 2.11.